The Labute approximate surface area is 151 Å². The second-order valence-electron chi connectivity index (χ2n) is 8.97. The van der Waals surface area contributed by atoms with Crippen molar-refractivity contribution in [3.8, 4) is 0 Å². The number of likely N-dealkylation sites (tertiary alicyclic amines) is 1. The Bertz CT molecular complexity index is 602. The summed E-state index contributed by atoms with van der Waals surface area (Å²) in [5.74, 6) is 0.771. The summed E-state index contributed by atoms with van der Waals surface area (Å²) in [6, 6.07) is 2.27. The number of carbonyl (C=O) groups is 1. The molecule has 0 aliphatic carbocycles. The summed E-state index contributed by atoms with van der Waals surface area (Å²) in [5, 5.41) is 4.42. The summed E-state index contributed by atoms with van der Waals surface area (Å²) < 4.78 is 7.99. The van der Waals surface area contributed by atoms with Crippen LogP contribution in [0.1, 0.15) is 71.7 Å². The van der Waals surface area contributed by atoms with Crippen LogP contribution < -0.4 is 0 Å². The number of nitrogens with zero attached hydrogens (tertiary/aromatic N) is 3. The van der Waals surface area contributed by atoms with Crippen LogP contribution >= 0.6 is 0 Å². The normalized spacial score (nSPS) is 27.9. The number of rotatable bonds is 3. The van der Waals surface area contributed by atoms with Crippen LogP contribution in [-0.4, -0.2) is 40.3 Å². The largest absolute Gasteiger partial charge is 0.371 e. The van der Waals surface area contributed by atoms with Gasteiger partial charge in [0.25, 0.3) is 0 Å². The molecule has 2 saturated heterocycles. The fraction of sp³-hybridized carbons (Fsp3) is 0.800. The van der Waals surface area contributed by atoms with Crippen molar-refractivity contribution in [2.75, 3.05) is 19.7 Å². The van der Waals surface area contributed by atoms with Crippen LogP contribution in [0.5, 0.6) is 0 Å². The van der Waals surface area contributed by atoms with Crippen molar-refractivity contribution in [1.29, 1.82) is 0 Å². The van der Waals surface area contributed by atoms with Gasteiger partial charge in [-0.1, -0.05) is 20.8 Å². The van der Waals surface area contributed by atoms with Crippen molar-refractivity contribution in [2.45, 2.75) is 66.0 Å². The van der Waals surface area contributed by atoms with Gasteiger partial charge in [-0.15, -0.1) is 0 Å². The van der Waals surface area contributed by atoms with E-state index in [1.165, 1.54) is 6.42 Å². The molecule has 140 valence electrons. The minimum Gasteiger partial charge on any atom is -0.371 e. The van der Waals surface area contributed by atoms with E-state index in [0.29, 0.717) is 12.5 Å². The maximum absolute atomic E-state index is 13.3. The Kier molecular flexibility index (Phi) is 5.24. The van der Waals surface area contributed by atoms with Gasteiger partial charge in [-0.25, -0.2) is 0 Å². The Morgan fingerprint density at radius 2 is 2.08 bits per heavy atom. The van der Waals surface area contributed by atoms with E-state index >= 15 is 0 Å². The van der Waals surface area contributed by atoms with Gasteiger partial charge < -0.3 is 9.64 Å². The first kappa shape index (κ1) is 18.4. The quantitative estimate of drug-likeness (QED) is 0.835. The van der Waals surface area contributed by atoms with Crippen LogP contribution in [0.4, 0.5) is 0 Å². The maximum atomic E-state index is 13.3. The summed E-state index contributed by atoms with van der Waals surface area (Å²) >= 11 is 0. The zero-order valence-electron chi connectivity index (χ0n) is 16.4. The monoisotopic (exact) mass is 347 g/mol. The number of piperidine rings is 1. The molecule has 3 atom stereocenters. The van der Waals surface area contributed by atoms with Gasteiger partial charge in [-0.2, -0.15) is 5.10 Å². The Hall–Kier alpha value is -1.36. The molecule has 1 aromatic heterocycles. The number of hydrogen-bond donors (Lipinski definition) is 0. The fourth-order valence-electron chi connectivity index (χ4n) is 4.23. The summed E-state index contributed by atoms with van der Waals surface area (Å²) in [4.78, 5) is 15.4. The fourth-order valence-corrected chi connectivity index (χ4v) is 4.23. The highest BCUT2D eigenvalue weighted by molar-refractivity contribution is 5.80. The van der Waals surface area contributed by atoms with Crippen LogP contribution in [0.25, 0.3) is 0 Å². The van der Waals surface area contributed by atoms with Crippen LogP contribution in [0.3, 0.4) is 0 Å². The molecule has 2 fully saturated rings. The van der Waals surface area contributed by atoms with E-state index < -0.39 is 0 Å². The van der Waals surface area contributed by atoms with Gasteiger partial charge in [0, 0.05) is 31.9 Å². The standard InChI is InChI=1S/C20H33N3O2/c1-14(2)23-17(8-10-21-23)18-16(9-12-25-18)19(24)22-11-6-7-15(13-22)20(3,4)5/h8,10,14-16,18H,6-7,9,11-13H2,1-5H3/t15-,16-,18-/m0/s1. The second-order valence-corrected chi connectivity index (χ2v) is 8.97. The molecule has 0 N–H and O–H groups in total. The van der Waals surface area contributed by atoms with Crippen molar-refractivity contribution in [3.05, 3.63) is 18.0 Å². The Balaban J connectivity index is 1.76. The molecule has 5 nitrogen and oxygen atoms in total. The molecule has 0 unspecified atom stereocenters. The van der Waals surface area contributed by atoms with Crippen molar-refractivity contribution in [1.82, 2.24) is 14.7 Å². The Morgan fingerprint density at radius 1 is 1.32 bits per heavy atom. The molecule has 3 rings (SSSR count). The van der Waals surface area contributed by atoms with Crippen LogP contribution in [0, 0.1) is 17.3 Å². The van der Waals surface area contributed by atoms with Gasteiger partial charge in [0.05, 0.1) is 11.6 Å². The molecule has 1 amide bonds. The van der Waals surface area contributed by atoms with E-state index in [-0.39, 0.29) is 29.4 Å². The summed E-state index contributed by atoms with van der Waals surface area (Å²) in [5.41, 5.74) is 1.29. The van der Waals surface area contributed by atoms with E-state index in [1.54, 1.807) is 0 Å². The number of ether oxygens (including phenoxy) is 1. The first-order valence-electron chi connectivity index (χ1n) is 9.73. The zero-order valence-corrected chi connectivity index (χ0v) is 16.4. The van der Waals surface area contributed by atoms with Crippen LogP contribution in [-0.2, 0) is 9.53 Å². The van der Waals surface area contributed by atoms with Crippen molar-refractivity contribution < 1.29 is 9.53 Å². The first-order chi connectivity index (χ1) is 11.8. The molecule has 5 heteroatoms. The maximum Gasteiger partial charge on any atom is 0.228 e. The smallest absolute Gasteiger partial charge is 0.228 e. The molecule has 2 aliphatic heterocycles. The minimum absolute atomic E-state index is 0.0760. The van der Waals surface area contributed by atoms with Crippen LogP contribution in [0.15, 0.2) is 12.3 Å². The van der Waals surface area contributed by atoms with Gasteiger partial charge in [0.15, 0.2) is 0 Å². The highest BCUT2D eigenvalue weighted by Crippen LogP contribution is 2.39. The predicted octanol–water partition coefficient (Wildman–Crippen LogP) is 3.83. The molecular weight excluding hydrogens is 314 g/mol. The third-order valence-corrected chi connectivity index (χ3v) is 5.85. The van der Waals surface area contributed by atoms with E-state index in [4.69, 9.17) is 4.74 Å². The predicted molar refractivity (Wildman–Crippen MR) is 98.2 cm³/mol. The molecule has 25 heavy (non-hydrogen) atoms. The number of aromatic nitrogens is 2. The lowest BCUT2D eigenvalue weighted by Crippen LogP contribution is -2.46. The lowest BCUT2D eigenvalue weighted by molar-refractivity contribution is -0.140. The summed E-state index contributed by atoms with van der Waals surface area (Å²) in [7, 11) is 0. The van der Waals surface area contributed by atoms with Crippen molar-refractivity contribution in [3.63, 3.8) is 0 Å². The molecule has 2 aliphatic rings. The molecule has 0 aromatic carbocycles. The lowest BCUT2D eigenvalue weighted by atomic mass is 9.76. The average molecular weight is 348 g/mol. The average Bonchev–Trinajstić information content (AvgIpc) is 3.22. The molecule has 0 spiro atoms. The highest BCUT2D eigenvalue weighted by Gasteiger charge is 2.41. The topological polar surface area (TPSA) is 47.4 Å². The molecule has 1 aromatic rings. The van der Waals surface area contributed by atoms with Crippen LogP contribution in [0.2, 0.25) is 0 Å². The first-order valence-corrected chi connectivity index (χ1v) is 9.73. The van der Waals surface area contributed by atoms with E-state index in [9.17, 15) is 4.79 Å². The Morgan fingerprint density at radius 3 is 2.76 bits per heavy atom. The number of hydrogen-bond acceptors (Lipinski definition) is 3. The SMILES string of the molecule is CC(C)n1nccc1[C@H]1OCC[C@@H]1C(=O)N1CCC[C@H](C(C)(C)C)C1. The lowest BCUT2D eigenvalue weighted by Gasteiger charge is -2.41. The number of amides is 1. The van der Waals surface area contributed by atoms with Gasteiger partial charge >= 0.3 is 0 Å². The van der Waals surface area contributed by atoms with E-state index in [0.717, 1.165) is 31.6 Å². The van der Waals surface area contributed by atoms with Gasteiger partial charge in [-0.3, -0.25) is 9.48 Å². The molecule has 0 saturated carbocycles. The summed E-state index contributed by atoms with van der Waals surface area (Å²) in [6.45, 7) is 13.5. The van der Waals surface area contributed by atoms with E-state index in [1.807, 2.05) is 16.9 Å². The van der Waals surface area contributed by atoms with Crippen molar-refractivity contribution >= 4 is 5.91 Å². The zero-order chi connectivity index (χ0) is 18.2. The van der Waals surface area contributed by atoms with Gasteiger partial charge in [-0.05, 0) is 50.5 Å². The third-order valence-electron chi connectivity index (χ3n) is 5.85. The molecule has 0 bridgehead atoms. The van der Waals surface area contributed by atoms with Gasteiger partial charge in [0.1, 0.15) is 6.10 Å². The third kappa shape index (κ3) is 3.76. The second kappa shape index (κ2) is 7.10. The minimum atomic E-state index is -0.160. The number of carbonyl (C=O) groups excluding carboxylic acids is 1. The van der Waals surface area contributed by atoms with Crippen molar-refractivity contribution in [2.24, 2.45) is 17.3 Å². The molecule has 0 radical (unpaired) electrons. The molecular formula is C20H33N3O2. The highest BCUT2D eigenvalue weighted by atomic mass is 16.5. The van der Waals surface area contributed by atoms with E-state index in [2.05, 4.69) is 44.6 Å². The molecule has 3 heterocycles. The summed E-state index contributed by atoms with van der Waals surface area (Å²) in [6.07, 6.45) is 4.79. The van der Waals surface area contributed by atoms with Gasteiger partial charge in [0.2, 0.25) is 5.91 Å².